The Hall–Kier alpha value is -2.16. The zero-order valence-electron chi connectivity index (χ0n) is 18.1. The summed E-state index contributed by atoms with van der Waals surface area (Å²) in [6.45, 7) is 3.69. The number of sulfone groups is 1. The van der Waals surface area contributed by atoms with E-state index in [9.17, 15) is 13.2 Å². The number of fused-ring (bicyclic) bond motifs is 1. The van der Waals surface area contributed by atoms with Gasteiger partial charge in [0.25, 0.3) is 0 Å². The Morgan fingerprint density at radius 2 is 2.00 bits per heavy atom. The first-order chi connectivity index (χ1) is 15.2. The van der Waals surface area contributed by atoms with Crippen LogP contribution in [0.5, 0.6) is 0 Å². The molecule has 0 saturated carbocycles. The van der Waals surface area contributed by atoms with Gasteiger partial charge in [0.2, 0.25) is 5.91 Å². The van der Waals surface area contributed by atoms with Crippen LogP contribution in [0.15, 0.2) is 46.1 Å². The molecule has 9 heteroatoms. The number of carbonyl (C=O) groups is 1. The molecule has 0 aliphatic carbocycles. The standard InChI is InChI=1S/C23H26ClN3O3S2/c1-16-13-20(5-9-25-16)27-10-6-19(7-11-27)26(2)22(28)8-12-32(29,30)23-21-4-3-18(24)14-17(21)15-31-23/h3-5,9,13-15,19H,6-8,10-12H2,1-2H3. The van der Waals surface area contributed by atoms with Gasteiger partial charge in [0.05, 0.1) is 5.75 Å². The molecule has 3 heterocycles. The number of thiophene rings is 1. The molecule has 0 unspecified atom stereocenters. The number of aromatic nitrogens is 1. The number of anilines is 1. The second kappa shape index (κ2) is 9.37. The molecular formula is C23H26ClN3O3S2. The molecular weight excluding hydrogens is 466 g/mol. The summed E-state index contributed by atoms with van der Waals surface area (Å²) in [4.78, 5) is 21.1. The third kappa shape index (κ3) is 4.92. The summed E-state index contributed by atoms with van der Waals surface area (Å²) in [5.74, 6) is -0.320. The third-order valence-electron chi connectivity index (χ3n) is 6.04. The number of piperidine rings is 1. The lowest BCUT2D eigenvalue weighted by atomic mass is 10.0. The van der Waals surface area contributed by atoms with Crippen molar-refractivity contribution in [3.63, 3.8) is 0 Å². The van der Waals surface area contributed by atoms with Gasteiger partial charge in [0, 0.05) is 60.6 Å². The molecule has 1 aromatic carbocycles. The van der Waals surface area contributed by atoms with Gasteiger partial charge in [0.1, 0.15) is 4.21 Å². The topological polar surface area (TPSA) is 70.6 Å². The molecule has 0 bridgehead atoms. The Kier molecular flexibility index (Phi) is 6.74. The van der Waals surface area contributed by atoms with E-state index in [0.717, 1.165) is 42.7 Å². The predicted molar refractivity (Wildman–Crippen MR) is 130 cm³/mol. The Morgan fingerprint density at radius 3 is 2.72 bits per heavy atom. The fourth-order valence-corrected chi connectivity index (χ4v) is 7.22. The summed E-state index contributed by atoms with van der Waals surface area (Å²) in [6.07, 6.45) is 3.51. The molecule has 2 aromatic heterocycles. The molecule has 1 amide bonds. The van der Waals surface area contributed by atoms with E-state index < -0.39 is 9.84 Å². The number of hydrogen-bond donors (Lipinski definition) is 0. The quantitative estimate of drug-likeness (QED) is 0.506. The Morgan fingerprint density at radius 1 is 1.25 bits per heavy atom. The number of nitrogens with zero attached hydrogens (tertiary/aromatic N) is 3. The SMILES string of the molecule is Cc1cc(N2CCC(N(C)C(=O)CCS(=O)(=O)c3scc4cc(Cl)ccc34)CC2)ccn1. The van der Waals surface area contributed by atoms with Crippen molar-refractivity contribution in [3.05, 3.63) is 52.6 Å². The molecule has 32 heavy (non-hydrogen) atoms. The maximum atomic E-state index is 12.9. The predicted octanol–water partition coefficient (Wildman–Crippen LogP) is 4.55. The van der Waals surface area contributed by atoms with Crippen molar-refractivity contribution < 1.29 is 13.2 Å². The maximum absolute atomic E-state index is 12.9. The third-order valence-corrected chi connectivity index (χ3v) is 9.66. The molecule has 1 fully saturated rings. The van der Waals surface area contributed by atoms with Crippen molar-refractivity contribution in [2.24, 2.45) is 0 Å². The second-order valence-corrected chi connectivity index (χ2v) is 11.8. The van der Waals surface area contributed by atoms with Crippen molar-refractivity contribution in [2.75, 3.05) is 30.8 Å². The van der Waals surface area contributed by atoms with Gasteiger partial charge in [-0.25, -0.2) is 8.42 Å². The van der Waals surface area contributed by atoms with Crippen LogP contribution < -0.4 is 4.90 Å². The van der Waals surface area contributed by atoms with Crippen molar-refractivity contribution in [3.8, 4) is 0 Å². The fraction of sp³-hybridized carbons (Fsp3) is 0.391. The zero-order chi connectivity index (χ0) is 22.9. The molecule has 0 radical (unpaired) electrons. The van der Waals surface area contributed by atoms with Gasteiger partial charge in [-0.1, -0.05) is 17.7 Å². The number of hydrogen-bond acceptors (Lipinski definition) is 6. The van der Waals surface area contributed by atoms with Gasteiger partial charge in [-0.2, -0.15) is 0 Å². The van der Waals surface area contributed by atoms with Crippen molar-refractivity contribution in [1.82, 2.24) is 9.88 Å². The number of amides is 1. The van der Waals surface area contributed by atoms with Gasteiger partial charge < -0.3 is 9.80 Å². The molecule has 6 nitrogen and oxygen atoms in total. The van der Waals surface area contributed by atoms with Gasteiger partial charge in [0.15, 0.2) is 9.84 Å². The van der Waals surface area contributed by atoms with Gasteiger partial charge in [-0.3, -0.25) is 9.78 Å². The van der Waals surface area contributed by atoms with E-state index in [0.29, 0.717) is 14.6 Å². The Labute approximate surface area is 197 Å². The van der Waals surface area contributed by atoms with Crippen molar-refractivity contribution >= 4 is 55.1 Å². The summed E-state index contributed by atoms with van der Waals surface area (Å²) < 4.78 is 26.1. The van der Waals surface area contributed by atoms with Crippen molar-refractivity contribution in [1.29, 1.82) is 0 Å². The number of carbonyl (C=O) groups excluding carboxylic acids is 1. The number of rotatable bonds is 6. The van der Waals surface area contributed by atoms with E-state index in [4.69, 9.17) is 11.6 Å². The Balaban J connectivity index is 1.34. The average Bonchev–Trinajstić information content (AvgIpc) is 3.21. The monoisotopic (exact) mass is 491 g/mol. The molecule has 4 rings (SSSR count). The first-order valence-electron chi connectivity index (χ1n) is 10.6. The lowest BCUT2D eigenvalue weighted by molar-refractivity contribution is -0.131. The summed E-state index contributed by atoms with van der Waals surface area (Å²) >= 11 is 7.19. The second-order valence-electron chi connectivity index (χ2n) is 8.20. The number of aryl methyl sites for hydroxylation is 1. The molecule has 3 aromatic rings. The number of halogens is 1. The van der Waals surface area contributed by atoms with E-state index in [1.165, 1.54) is 11.3 Å². The van der Waals surface area contributed by atoms with Crippen molar-refractivity contribution in [2.45, 2.75) is 36.4 Å². The van der Waals surface area contributed by atoms with E-state index in [2.05, 4.69) is 16.0 Å². The van der Waals surface area contributed by atoms with Crippen LogP contribution >= 0.6 is 22.9 Å². The fourth-order valence-electron chi connectivity index (χ4n) is 4.17. The molecule has 0 atom stereocenters. The van der Waals surface area contributed by atoms with Crippen LogP contribution in [0.1, 0.15) is 25.0 Å². The van der Waals surface area contributed by atoms with Crippen LogP contribution in [-0.2, 0) is 14.6 Å². The van der Waals surface area contributed by atoms with Crippen LogP contribution in [0, 0.1) is 6.92 Å². The first kappa shape index (κ1) is 23.0. The van der Waals surface area contributed by atoms with E-state index in [1.807, 2.05) is 19.2 Å². The molecule has 0 N–H and O–H groups in total. The van der Waals surface area contributed by atoms with Gasteiger partial charge in [-0.05, 0) is 54.8 Å². The van der Waals surface area contributed by atoms with E-state index in [-0.39, 0.29) is 24.1 Å². The van der Waals surface area contributed by atoms with Crippen LogP contribution in [0.2, 0.25) is 5.02 Å². The number of pyridine rings is 1. The normalized spacial score (nSPS) is 15.3. The lowest BCUT2D eigenvalue weighted by Gasteiger charge is -2.38. The van der Waals surface area contributed by atoms with E-state index >= 15 is 0 Å². The maximum Gasteiger partial charge on any atom is 0.223 e. The highest BCUT2D eigenvalue weighted by molar-refractivity contribution is 7.93. The zero-order valence-corrected chi connectivity index (χ0v) is 20.5. The highest BCUT2D eigenvalue weighted by Crippen LogP contribution is 2.33. The Bertz CT molecular complexity index is 1230. The largest absolute Gasteiger partial charge is 0.371 e. The minimum absolute atomic E-state index is 0.0183. The van der Waals surface area contributed by atoms with Gasteiger partial charge >= 0.3 is 0 Å². The molecule has 1 saturated heterocycles. The summed E-state index contributed by atoms with van der Waals surface area (Å²) in [7, 11) is -1.76. The average molecular weight is 492 g/mol. The minimum Gasteiger partial charge on any atom is -0.371 e. The van der Waals surface area contributed by atoms with Crippen LogP contribution in [0.25, 0.3) is 10.8 Å². The number of benzene rings is 1. The minimum atomic E-state index is -3.55. The first-order valence-corrected chi connectivity index (χ1v) is 13.5. The van der Waals surface area contributed by atoms with E-state index in [1.54, 1.807) is 35.5 Å². The molecule has 0 spiro atoms. The summed E-state index contributed by atoms with van der Waals surface area (Å²) in [6, 6.07) is 9.37. The summed E-state index contributed by atoms with van der Waals surface area (Å²) in [5.41, 5.74) is 2.14. The highest BCUT2D eigenvalue weighted by atomic mass is 35.5. The van der Waals surface area contributed by atoms with Crippen LogP contribution in [0.4, 0.5) is 5.69 Å². The molecule has 170 valence electrons. The molecule has 1 aliphatic heterocycles. The lowest BCUT2D eigenvalue weighted by Crippen LogP contribution is -2.46. The van der Waals surface area contributed by atoms with Gasteiger partial charge in [-0.15, -0.1) is 11.3 Å². The highest BCUT2D eigenvalue weighted by Gasteiger charge is 2.27. The smallest absolute Gasteiger partial charge is 0.223 e. The van der Waals surface area contributed by atoms with Crippen LogP contribution in [0.3, 0.4) is 0 Å². The van der Waals surface area contributed by atoms with Crippen LogP contribution in [-0.4, -0.2) is 56.1 Å². The summed E-state index contributed by atoms with van der Waals surface area (Å²) in [5, 5.41) is 3.83. The molecule has 1 aliphatic rings.